The summed E-state index contributed by atoms with van der Waals surface area (Å²) in [5, 5.41) is 3.00. The molecule has 0 aliphatic carbocycles. The maximum atomic E-state index is 14.4. The van der Waals surface area contributed by atoms with Gasteiger partial charge in [-0.05, 0) is 38.0 Å². The minimum Gasteiger partial charge on any atom is -0.485 e. The van der Waals surface area contributed by atoms with E-state index in [0.717, 1.165) is 44.1 Å². The molecule has 168 valence electrons. The van der Waals surface area contributed by atoms with Gasteiger partial charge in [0.25, 0.3) is 0 Å². The Bertz CT molecular complexity index is 1210. The highest BCUT2D eigenvalue weighted by atomic mass is 19.1. The van der Waals surface area contributed by atoms with Crippen LogP contribution >= 0.6 is 0 Å². The van der Waals surface area contributed by atoms with Gasteiger partial charge in [-0.2, -0.15) is 0 Å². The Morgan fingerprint density at radius 1 is 1.15 bits per heavy atom. The number of ether oxygens (including phenoxy) is 1. The van der Waals surface area contributed by atoms with Crippen molar-refractivity contribution in [2.45, 2.75) is 25.8 Å². The zero-order valence-corrected chi connectivity index (χ0v) is 18.2. The second-order valence-corrected chi connectivity index (χ2v) is 8.03. The Morgan fingerprint density at radius 2 is 2.00 bits per heavy atom. The third-order valence-electron chi connectivity index (χ3n) is 5.94. The van der Waals surface area contributed by atoms with Crippen LogP contribution in [0, 0.1) is 19.3 Å². The fourth-order valence-corrected chi connectivity index (χ4v) is 4.27. The summed E-state index contributed by atoms with van der Waals surface area (Å²) in [6.07, 6.45) is 5.14. The van der Waals surface area contributed by atoms with Crippen molar-refractivity contribution in [3.63, 3.8) is 0 Å². The zero-order valence-electron chi connectivity index (χ0n) is 18.2. The molecular formula is C23H23FN8O. The number of benzene rings is 1. The van der Waals surface area contributed by atoms with E-state index in [4.69, 9.17) is 11.3 Å². The molecule has 1 N–H and O–H groups in total. The summed E-state index contributed by atoms with van der Waals surface area (Å²) in [5.74, 6) is 1.89. The van der Waals surface area contributed by atoms with Crippen molar-refractivity contribution in [1.82, 2.24) is 19.9 Å². The van der Waals surface area contributed by atoms with Crippen LogP contribution in [0.4, 0.5) is 33.3 Å². The predicted octanol–water partition coefficient (Wildman–Crippen LogP) is 3.88. The molecule has 2 aromatic heterocycles. The number of aromatic nitrogens is 4. The third-order valence-corrected chi connectivity index (χ3v) is 5.94. The molecule has 0 atom stereocenters. The van der Waals surface area contributed by atoms with E-state index in [1.165, 1.54) is 18.5 Å². The Balaban J connectivity index is 1.33. The summed E-state index contributed by atoms with van der Waals surface area (Å²) in [6, 6.07) is 6.48. The zero-order chi connectivity index (χ0) is 22.8. The van der Waals surface area contributed by atoms with Gasteiger partial charge in [-0.25, -0.2) is 29.2 Å². The second-order valence-electron chi connectivity index (χ2n) is 8.03. The van der Waals surface area contributed by atoms with E-state index in [0.29, 0.717) is 30.0 Å². The lowest BCUT2D eigenvalue weighted by atomic mass is 10.0. The molecule has 5 rings (SSSR count). The number of halogens is 1. The van der Waals surface area contributed by atoms with Crippen LogP contribution in [0.3, 0.4) is 0 Å². The Labute approximate surface area is 191 Å². The molecular weight excluding hydrogens is 423 g/mol. The van der Waals surface area contributed by atoms with E-state index in [-0.39, 0.29) is 11.4 Å². The van der Waals surface area contributed by atoms with E-state index in [9.17, 15) is 4.39 Å². The average Bonchev–Trinajstić information content (AvgIpc) is 2.85. The first-order valence-corrected chi connectivity index (χ1v) is 10.9. The summed E-state index contributed by atoms with van der Waals surface area (Å²) >= 11 is 0. The van der Waals surface area contributed by atoms with E-state index in [1.54, 1.807) is 12.3 Å². The molecule has 9 nitrogen and oxygen atoms in total. The van der Waals surface area contributed by atoms with Crippen molar-refractivity contribution in [3.8, 4) is 5.75 Å². The van der Waals surface area contributed by atoms with Crippen LogP contribution in [0.25, 0.3) is 4.85 Å². The largest absolute Gasteiger partial charge is 0.485 e. The minimum absolute atomic E-state index is 0.232. The highest BCUT2D eigenvalue weighted by molar-refractivity contribution is 5.72. The van der Waals surface area contributed by atoms with E-state index in [2.05, 4.69) is 39.9 Å². The summed E-state index contributed by atoms with van der Waals surface area (Å²) < 4.78 is 20.3. The summed E-state index contributed by atoms with van der Waals surface area (Å²) in [5.41, 5.74) is 1.43. The first kappa shape index (κ1) is 20.9. The predicted molar refractivity (Wildman–Crippen MR) is 123 cm³/mol. The van der Waals surface area contributed by atoms with Crippen LogP contribution in [0.2, 0.25) is 0 Å². The number of hydrogen-bond acceptors (Lipinski definition) is 8. The number of rotatable bonds is 4. The van der Waals surface area contributed by atoms with Crippen LogP contribution in [-0.2, 0) is 0 Å². The van der Waals surface area contributed by atoms with Crippen molar-refractivity contribution in [2.75, 3.05) is 41.4 Å². The van der Waals surface area contributed by atoms with Gasteiger partial charge in [0.2, 0.25) is 11.7 Å². The number of fused-ring (bicyclic) bond motifs is 1. The highest BCUT2D eigenvalue weighted by Crippen LogP contribution is 2.39. The monoisotopic (exact) mass is 446 g/mol. The maximum Gasteiger partial charge on any atom is 0.225 e. The molecule has 0 spiro atoms. The third kappa shape index (κ3) is 4.22. The lowest BCUT2D eigenvalue weighted by Gasteiger charge is -2.41. The van der Waals surface area contributed by atoms with Crippen molar-refractivity contribution >= 4 is 29.0 Å². The van der Waals surface area contributed by atoms with Crippen LogP contribution in [0.5, 0.6) is 5.75 Å². The van der Waals surface area contributed by atoms with Crippen LogP contribution < -0.4 is 19.9 Å². The van der Waals surface area contributed by atoms with Gasteiger partial charge >= 0.3 is 0 Å². The van der Waals surface area contributed by atoms with Gasteiger partial charge in [-0.15, -0.1) is 0 Å². The van der Waals surface area contributed by atoms with Gasteiger partial charge in [0.05, 0.1) is 18.8 Å². The fourth-order valence-electron chi connectivity index (χ4n) is 4.27. The number of hydrogen-bond donors (Lipinski definition) is 1. The van der Waals surface area contributed by atoms with E-state index in [1.807, 2.05) is 13.0 Å². The van der Waals surface area contributed by atoms with Gasteiger partial charge in [-0.3, -0.25) is 0 Å². The Kier molecular flexibility index (Phi) is 5.60. The quantitative estimate of drug-likeness (QED) is 0.605. The number of nitrogens with one attached hydrogen (secondary N) is 1. The van der Waals surface area contributed by atoms with Crippen molar-refractivity contribution in [3.05, 3.63) is 59.7 Å². The minimum atomic E-state index is -0.519. The molecule has 0 amide bonds. The van der Waals surface area contributed by atoms with Gasteiger partial charge in [0.1, 0.15) is 18.8 Å². The first-order valence-electron chi connectivity index (χ1n) is 10.9. The standard InChI is InChI=1S/C23H23FN8O/c1-15-5-8-26-23(29-15)31-9-6-17(7-10-31)32-11-12-33-20-21(27-14-28-22(20)32)30-19-4-3-16(25-2)13-18(19)24/h3-5,8,13-14,17H,6-7,9-12H2,1H3,(H,27,28,30). The molecule has 3 aromatic rings. The number of piperidine rings is 1. The Hall–Kier alpha value is -4.00. The van der Waals surface area contributed by atoms with Crippen molar-refractivity contribution < 1.29 is 9.13 Å². The summed E-state index contributed by atoms with van der Waals surface area (Å²) in [6.45, 7) is 11.9. The highest BCUT2D eigenvalue weighted by Gasteiger charge is 2.32. The molecule has 10 heteroatoms. The molecule has 33 heavy (non-hydrogen) atoms. The maximum absolute atomic E-state index is 14.4. The van der Waals surface area contributed by atoms with Gasteiger partial charge < -0.3 is 19.9 Å². The average molecular weight is 446 g/mol. The fraction of sp³-hybridized carbons (Fsp3) is 0.348. The van der Waals surface area contributed by atoms with Crippen LogP contribution in [-0.4, -0.2) is 52.2 Å². The summed E-state index contributed by atoms with van der Waals surface area (Å²) in [7, 11) is 0. The molecule has 0 radical (unpaired) electrons. The molecule has 1 fully saturated rings. The first-order chi connectivity index (χ1) is 16.1. The van der Waals surface area contributed by atoms with Gasteiger partial charge in [0.15, 0.2) is 17.3 Å². The van der Waals surface area contributed by atoms with E-state index >= 15 is 0 Å². The number of anilines is 4. The molecule has 0 saturated carbocycles. The number of nitrogens with zero attached hydrogens (tertiary/aromatic N) is 7. The normalized spacial score (nSPS) is 16.0. The molecule has 1 aromatic carbocycles. The Morgan fingerprint density at radius 3 is 2.76 bits per heavy atom. The molecule has 0 unspecified atom stereocenters. The van der Waals surface area contributed by atoms with Crippen molar-refractivity contribution in [2.24, 2.45) is 0 Å². The van der Waals surface area contributed by atoms with Gasteiger partial charge in [0, 0.05) is 31.0 Å². The second kappa shape index (κ2) is 8.86. The van der Waals surface area contributed by atoms with E-state index < -0.39 is 5.82 Å². The topological polar surface area (TPSA) is 83.7 Å². The molecule has 0 bridgehead atoms. The lowest BCUT2D eigenvalue weighted by Crippen LogP contribution is -2.48. The SMILES string of the molecule is [C-]#[N+]c1ccc(Nc2ncnc3c2OCCN3C2CCN(c3nccc(C)n3)CC2)c(F)c1. The molecule has 2 aliphatic heterocycles. The molecule has 2 aliphatic rings. The van der Waals surface area contributed by atoms with Crippen LogP contribution in [0.1, 0.15) is 18.5 Å². The summed E-state index contributed by atoms with van der Waals surface area (Å²) in [4.78, 5) is 25.5. The van der Waals surface area contributed by atoms with Crippen LogP contribution in [0.15, 0.2) is 36.8 Å². The molecule has 4 heterocycles. The van der Waals surface area contributed by atoms with Gasteiger partial charge in [-0.1, -0.05) is 6.07 Å². The smallest absolute Gasteiger partial charge is 0.225 e. The lowest BCUT2D eigenvalue weighted by molar-refractivity contribution is 0.290. The van der Waals surface area contributed by atoms with Crippen molar-refractivity contribution in [1.29, 1.82) is 0 Å². The number of aryl methyl sites for hydroxylation is 1. The molecule has 1 saturated heterocycles.